The Labute approximate surface area is 109 Å². The van der Waals surface area contributed by atoms with Crippen molar-refractivity contribution in [3.63, 3.8) is 0 Å². The Morgan fingerprint density at radius 1 is 1.32 bits per heavy atom. The van der Waals surface area contributed by atoms with Crippen LogP contribution in [0.3, 0.4) is 0 Å². The molecule has 0 unspecified atom stereocenters. The smallest absolute Gasteiger partial charge is 0.314 e. The summed E-state index contributed by atoms with van der Waals surface area (Å²) in [5.41, 5.74) is -3.56. The van der Waals surface area contributed by atoms with E-state index in [0.29, 0.717) is 6.42 Å². The van der Waals surface area contributed by atoms with E-state index in [0.717, 1.165) is 12.1 Å². The molecule has 1 aromatic rings. The highest BCUT2D eigenvalue weighted by Gasteiger charge is 2.48. The van der Waals surface area contributed by atoms with Crippen molar-refractivity contribution >= 4 is 5.97 Å². The van der Waals surface area contributed by atoms with Crippen LogP contribution in [-0.2, 0) is 15.9 Å². The molecule has 1 fully saturated rings. The predicted octanol–water partition coefficient (Wildman–Crippen LogP) is 3.68. The quantitative estimate of drug-likeness (QED) is 0.911. The third-order valence-corrected chi connectivity index (χ3v) is 3.85. The van der Waals surface area contributed by atoms with Gasteiger partial charge in [0.05, 0.1) is 5.41 Å². The van der Waals surface area contributed by atoms with E-state index in [1.807, 2.05) is 0 Å². The van der Waals surface area contributed by atoms with Gasteiger partial charge >= 0.3 is 5.97 Å². The number of carboxylic acids is 1. The third-order valence-electron chi connectivity index (χ3n) is 3.85. The molecule has 0 radical (unpaired) electrons. The van der Waals surface area contributed by atoms with Crippen LogP contribution < -0.4 is 0 Å². The Morgan fingerprint density at radius 3 is 2.26 bits per heavy atom. The molecule has 0 saturated heterocycles. The van der Waals surface area contributed by atoms with E-state index in [4.69, 9.17) is 0 Å². The summed E-state index contributed by atoms with van der Waals surface area (Å²) in [6.07, 6.45) is 1.13. The van der Waals surface area contributed by atoms with Gasteiger partial charge in [-0.2, -0.15) is 0 Å². The number of rotatable bonds is 3. The van der Waals surface area contributed by atoms with Crippen LogP contribution in [0.25, 0.3) is 0 Å². The van der Waals surface area contributed by atoms with Gasteiger partial charge in [-0.3, -0.25) is 4.79 Å². The molecule has 0 atom stereocenters. The predicted molar refractivity (Wildman–Crippen MR) is 63.7 cm³/mol. The number of benzene rings is 1. The summed E-state index contributed by atoms with van der Waals surface area (Å²) in [4.78, 5) is 11.3. The Kier molecular flexibility index (Phi) is 3.11. The van der Waals surface area contributed by atoms with Gasteiger partial charge in [0, 0.05) is 5.56 Å². The molecule has 0 heterocycles. The first-order valence-corrected chi connectivity index (χ1v) is 6.11. The van der Waals surface area contributed by atoms with Gasteiger partial charge in [0.15, 0.2) is 11.6 Å². The molecule has 2 rings (SSSR count). The van der Waals surface area contributed by atoms with Crippen LogP contribution in [-0.4, -0.2) is 11.1 Å². The van der Waals surface area contributed by atoms with Gasteiger partial charge in [-0.15, -0.1) is 0 Å². The summed E-state index contributed by atoms with van der Waals surface area (Å²) >= 11 is 0. The SMILES string of the molecule is CC(C)(F)c1cc(F)c(F)c(C2(C(=O)O)CCC2)c1. The van der Waals surface area contributed by atoms with Crippen molar-refractivity contribution in [3.8, 4) is 0 Å². The Bertz CT molecular complexity index is 528. The lowest BCUT2D eigenvalue weighted by atomic mass is 9.64. The second-order valence-corrected chi connectivity index (χ2v) is 5.53. The lowest BCUT2D eigenvalue weighted by molar-refractivity contribution is -0.147. The summed E-state index contributed by atoms with van der Waals surface area (Å²) in [6, 6.07) is 1.93. The molecule has 104 valence electrons. The average Bonchev–Trinajstić information content (AvgIpc) is 2.20. The Morgan fingerprint density at radius 2 is 1.89 bits per heavy atom. The first-order valence-electron chi connectivity index (χ1n) is 6.11. The molecular weight excluding hydrogens is 257 g/mol. The minimum absolute atomic E-state index is 0.0473. The molecule has 2 nitrogen and oxygen atoms in total. The largest absolute Gasteiger partial charge is 0.481 e. The number of carbonyl (C=O) groups is 1. The molecule has 1 N–H and O–H groups in total. The highest BCUT2D eigenvalue weighted by molar-refractivity contribution is 5.82. The van der Waals surface area contributed by atoms with E-state index in [1.165, 1.54) is 13.8 Å². The first kappa shape index (κ1) is 13.9. The normalized spacial score (nSPS) is 17.9. The van der Waals surface area contributed by atoms with Crippen molar-refractivity contribution in [2.45, 2.75) is 44.2 Å². The summed E-state index contributed by atoms with van der Waals surface area (Å²) in [6.45, 7) is 2.44. The maximum absolute atomic E-state index is 13.9. The number of carboxylic acid groups (broad SMARTS) is 1. The van der Waals surface area contributed by atoms with Gasteiger partial charge in [0.25, 0.3) is 0 Å². The zero-order valence-electron chi connectivity index (χ0n) is 10.8. The lowest BCUT2D eigenvalue weighted by Gasteiger charge is -2.38. The molecule has 1 aliphatic carbocycles. The first-order chi connectivity index (χ1) is 8.68. The minimum Gasteiger partial charge on any atom is -0.481 e. The van der Waals surface area contributed by atoms with E-state index in [-0.39, 0.29) is 24.0 Å². The molecule has 0 aromatic heterocycles. The maximum atomic E-state index is 13.9. The number of hydrogen-bond donors (Lipinski definition) is 1. The number of hydrogen-bond acceptors (Lipinski definition) is 1. The summed E-state index contributed by atoms with van der Waals surface area (Å²) in [5, 5.41) is 9.26. The summed E-state index contributed by atoms with van der Waals surface area (Å²) in [7, 11) is 0. The van der Waals surface area contributed by atoms with Gasteiger partial charge in [-0.25, -0.2) is 13.2 Å². The highest BCUT2D eigenvalue weighted by Crippen LogP contribution is 2.46. The Balaban J connectivity index is 2.63. The molecule has 0 bridgehead atoms. The van der Waals surface area contributed by atoms with E-state index < -0.39 is 28.7 Å². The molecule has 1 aliphatic rings. The number of halogens is 3. The van der Waals surface area contributed by atoms with Gasteiger partial charge in [-0.1, -0.05) is 6.42 Å². The number of aliphatic carboxylic acids is 1. The topological polar surface area (TPSA) is 37.3 Å². The fourth-order valence-corrected chi connectivity index (χ4v) is 2.41. The van der Waals surface area contributed by atoms with Gasteiger partial charge in [-0.05, 0) is 44.4 Å². The van der Waals surface area contributed by atoms with Gasteiger partial charge in [0.1, 0.15) is 5.67 Å². The van der Waals surface area contributed by atoms with Crippen molar-refractivity contribution in [3.05, 3.63) is 34.9 Å². The molecular formula is C14H15F3O2. The maximum Gasteiger partial charge on any atom is 0.314 e. The van der Waals surface area contributed by atoms with Gasteiger partial charge < -0.3 is 5.11 Å². The number of alkyl halides is 1. The molecule has 1 saturated carbocycles. The van der Waals surface area contributed by atoms with Crippen molar-refractivity contribution < 1.29 is 23.1 Å². The van der Waals surface area contributed by atoms with E-state index in [1.54, 1.807) is 0 Å². The average molecular weight is 272 g/mol. The van der Waals surface area contributed by atoms with Crippen LogP contribution in [0, 0.1) is 11.6 Å². The lowest BCUT2D eigenvalue weighted by Crippen LogP contribution is -2.43. The highest BCUT2D eigenvalue weighted by atomic mass is 19.2. The van der Waals surface area contributed by atoms with Crippen LogP contribution in [0.4, 0.5) is 13.2 Å². The second kappa shape index (κ2) is 4.25. The van der Waals surface area contributed by atoms with Crippen molar-refractivity contribution in [2.24, 2.45) is 0 Å². The standard InChI is InChI=1S/C14H15F3O2/c1-13(2,17)8-6-9(11(16)10(15)7-8)14(12(18)19)4-3-5-14/h6-7H,3-5H2,1-2H3,(H,18,19). The van der Waals surface area contributed by atoms with Crippen molar-refractivity contribution in [1.82, 2.24) is 0 Å². The molecule has 0 spiro atoms. The van der Waals surface area contributed by atoms with Crippen molar-refractivity contribution in [2.75, 3.05) is 0 Å². The van der Waals surface area contributed by atoms with E-state index in [9.17, 15) is 23.1 Å². The molecule has 1 aromatic carbocycles. The van der Waals surface area contributed by atoms with E-state index in [2.05, 4.69) is 0 Å². The summed E-state index contributed by atoms with van der Waals surface area (Å²) in [5.74, 6) is -3.58. The van der Waals surface area contributed by atoms with Gasteiger partial charge in [0.2, 0.25) is 0 Å². The van der Waals surface area contributed by atoms with Crippen LogP contribution in [0.5, 0.6) is 0 Å². The molecule has 0 aliphatic heterocycles. The summed E-state index contributed by atoms with van der Waals surface area (Å²) < 4.78 is 41.4. The fourth-order valence-electron chi connectivity index (χ4n) is 2.41. The zero-order chi connectivity index (χ0) is 14.4. The third kappa shape index (κ3) is 2.11. The molecule has 5 heteroatoms. The van der Waals surface area contributed by atoms with Crippen LogP contribution in [0.1, 0.15) is 44.2 Å². The minimum atomic E-state index is -1.85. The van der Waals surface area contributed by atoms with Crippen LogP contribution in [0.2, 0.25) is 0 Å². The Hall–Kier alpha value is -1.52. The zero-order valence-corrected chi connectivity index (χ0v) is 10.8. The van der Waals surface area contributed by atoms with Crippen LogP contribution in [0.15, 0.2) is 12.1 Å². The van der Waals surface area contributed by atoms with Crippen LogP contribution >= 0.6 is 0 Å². The molecule has 19 heavy (non-hydrogen) atoms. The fraction of sp³-hybridized carbons (Fsp3) is 0.500. The van der Waals surface area contributed by atoms with Crippen molar-refractivity contribution in [1.29, 1.82) is 0 Å². The van der Waals surface area contributed by atoms with E-state index >= 15 is 0 Å². The monoisotopic (exact) mass is 272 g/mol. The molecule has 0 amide bonds. The second-order valence-electron chi connectivity index (χ2n) is 5.53.